The molecule has 2 fully saturated rings. The molecule has 1 aromatic heterocycles. The third-order valence-electron chi connectivity index (χ3n) is 5.31. The second kappa shape index (κ2) is 7.91. The summed E-state index contributed by atoms with van der Waals surface area (Å²) in [4.78, 5) is 32.9. The van der Waals surface area contributed by atoms with Gasteiger partial charge in [-0.1, -0.05) is 28.9 Å². The second-order valence-corrected chi connectivity index (χ2v) is 7.97. The summed E-state index contributed by atoms with van der Waals surface area (Å²) in [5.74, 6) is 0.966. The van der Waals surface area contributed by atoms with Crippen LogP contribution in [0.3, 0.4) is 0 Å². The number of halogens is 1. The molecule has 2 aromatic rings. The topological polar surface area (TPSA) is 79.5 Å². The summed E-state index contributed by atoms with van der Waals surface area (Å²) in [6, 6.07) is 7.00. The van der Waals surface area contributed by atoms with Crippen LogP contribution < -0.4 is 0 Å². The highest BCUT2D eigenvalue weighted by molar-refractivity contribution is 6.30. The van der Waals surface area contributed by atoms with Crippen LogP contribution in [0.25, 0.3) is 11.4 Å². The Kier molecular flexibility index (Phi) is 5.35. The number of carbonyl (C=O) groups excluding carboxylic acids is 2. The summed E-state index contributed by atoms with van der Waals surface area (Å²) in [6.07, 6.45) is 4.54. The molecule has 8 heteroatoms. The van der Waals surface area contributed by atoms with Crippen LogP contribution in [0.2, 0.25) is 5.02 Å². The van der Waals surface area contributed by atoms with Gasteiger partial charge in [-0.25, -0.2) is 0 Å². The third-order valence-corrected chi connectivity index (χ3v) is 5.54. The normalized spacial score (nSPS) is 19.5. The van der Waals surface area contributed by atoms with Crippen LogP contribution >= 0.6 is 11.6 Å². The number of amides is 2. The Balaban J connectivity index is 1.49. The molecule has 0 N–H and O–H groups in total. The molecule has 7 nitrogen and oxygen atoms in total. The van der Waals surface area contributed by atoms with Crippen molar-refractivity contribution >= 4 is 23.4 Å². The van der Waals surface area contributed by atoms with E-state index < -0.39 is 0 Å². The lowest BCUT2D eigenvalue weighted by atomic mass is 10.0. The van der Waals surface area contributed by atoms with Crippen LogP contribution in [0.5, 0.6) is 0 Å². The molecular weight excluding hydrogens is 380 g/mol. The molecule has 1 saturated carbocycles. The van der Waals surface area contributed by atoms with Gasteiger partial charge in [0.15, 0.2) is 0 Å². The first-order valence-electron chi connectivity index (χ1n) is 9.67. The fourth-order valence-corrected chi connectivity index (χ4v) is 3.81. The summed E-state index contributed by atoms with van der Waals surface area (Å²) in [5.41, 5.74) is 0.769. The number of hydrogen-bond acceptors (Lipinski definition) is 5. The lowest BCUT2D eigenvalue weighted by Crippen LogP contribution is -2.45. The minimum atomic E-state index is -0.258. The van der Waals surface area contributed by atoms with Crippen molar-refractivity contribution in [3.63, 3.8) is 0 Å². The van der Waals surface area contributed by atoms with Gasteiger partial charge in [0.05, 0.1) is 6.54 Å². The van der Waals surface area contributed by atoms with E-state index in [2.05, 4.69) is 10.1 Å². The monoisotopic (exact) mass is 402 g/mol. The Morgan fingerprint density at radius 2 is 2.11 bits per heavy atom. The quantitative estimate of drug-likeness (QED) is 0.766. The van der Waals surface area contributed by atoms with Crippen LogP contribution in [0.15, 0.2) is 28.8 Å². The zero-order valence-electron chi connectivity index (χ0n) is 15.8. The molecule has 0 spiro atoms. The third kappa shape index (κ3) is 4.04. The van der Waals surface area contributed by atoms with Crippen molar-refractivity contribution in [2.24, 2.45) is 5.92 Å². The molecule has 0 bridgehead atoms. The van der Waals surface area contributed by atoms with Crippen molar-refractivity contribution in [2.45, 2.75) is 38.1 Å². The summed E-state index contributed by atoms with van der Waals surface area (Å²) in [6.45, 7) is 0.713. The Morgan fingerprint density at radius 3 is 2.86 bits per heavy atom. The highest BCUT2D eigenvalue weighted by atomic mass is 35.5. The van der Waals surface area contributed by atoms with Gasteiger partial charge in [0.25, 0.3) is 0 Å². The van der Waals surface area contributed by atoms with Gasteiger partial charge in [-0.05, 0) is 44.2 Å². The number of likely N-dealkylation sites (N-methyl/N-ethyl adjacent to an activating group) is 1. The van der Waals surface area contributed by atoms with Gasteiger partial charge >= 0.3 is 0 Å². The minimum absolute atomic E-state index is 0.0583. The highest BCUT2D eigenvalue weighted by Gasteiger charge is 2.36. The maximum atomic E-state index is 12.9. The fourth-order valence-electron chi connectivity index (χ4n) is 3.62. The predicted octanol–water partition coefficient (Wildman–Crippen LogP) is 3.31. The number of piperidine rings is 1. The summed E-state index contributed by atoms with van der Waals surface area (Å²) < 4.78 is 5.50. The summed E-state index contributed by atoms with van der Waals surface area (Å²) >= 11 is 6.04. The molecular formula is C20H23ClN4O3. The van der Waals surface area contributed by atoms with Crippen molar-refractivity contribution in [2.75, 3.05) is 20.1 Å². The molecule has 2 heterocycles. The van der Waals surface area contributed by atoms with E-state index in [1.165, 1.54) is 4.90 Å². The predicted molar refractivity (Wildman–Crippen MR) is 103 cm³/mol. The highest BCUT2D eigenvalue weighted by Crippen LogP contribution is 2.33. The van der Waals surface area contributed by atoms with Crippen LogP contribution in [0.4, 0.5) is 0 Å². The van der Waals surface area contributed by atoms with Gasteiger partial charge in [-0.2, -0.15) is 4.98 Å². The van der Waals surface area contributed by atoms with E-state index in [9.17, 15) is 9.59 Å². The van der Waals surface area contributed by atoms with Gasteiger partial charge < -0.3 is 14.3 Å². The lowest BCUT2D eigenvalue weighted by Gasteiger charge is -2.34. The van der Waals surface area contributed by atoms with Crippen LogP contribution in [-0.2, 0) is 9.59 Å². The zero-order chi connectivity index (χ0) is 19.7. The molecule has 1 aliphatic carbocycles. The van der Waals surface area contributed by atoms with Crippen molar-refractivity contribution in [3.05, 3.63) is 35.2 Å². The van der Waals surface area contributed by atoms with Crippen LogP contribution in [-0.4, -0.2) is 51.9 Å². The molecule has 2 amide bonds. The Hall–Kier alpha value is -2.41. The maximum absolute atomic E-state index is 12.9. The van der Waals surface area contributed by atoms with E-state index in [1.54, 1.807) is 24.1 Å². The summed E-state index contributed by atoms with van der Waals surface area (Å²) in [5, 5.41) is 4.67. The standard InChI is InChI=1S/C20H23ClN4O3/c1-24(20(27)13-8-9-13)12-17(26)25-10-3-2-7-16(25)19-22-18(23-28-19)14-5-4-6-15(21)11-14/h4-6,11,13,16H,2-3,7-10,12H2,1H3. The first-order valence-corrected chi connectivity index (χ1v) is 10.0. The Bertz CT molecular complexity index is 880. The van der Waals surface area contributed by atoms with E-state index in [0.29, 0.717) is 23.3 Å². The molecule has 28 heavy (non-hydrogen) atoms. The minimum Gasteiger partial charge on any atom is -0.337 e. The van der Waals surface area contributed by atoms with Gasteiger partial charge in [-0.3, -0.25) is 9.59 Å². The molecule has 4 rings (SSSR count). The second-order valence-electron chi connectivity index (χ2n) is 7.53. The van der Waals surface area contributed by atoms with Crippen molar-refractivity contribution in [3.8, 4) is 11.4 Å². The van der Waals surface area contributed by atoms with Gasteiger partial charge in [0.2, 0.25) is 23.5 Å². The lowest BCUT2D eigenvalue weighted by molar-refractivity contribution is -0.142. The first kappa shape index (κ1) is 18.9. The zero-order valence-corrected chi connectivity index (χ0v) is 16.6. The molecule has 1 atom stereocenters. The van der Waals surface area contributed by atoms with E-state index >= 15 is 0 Å². The number of rotatable bonds is 5. The van der Waals surface area contributed by atoms with Gasteiger partial charge in [-0.15, -0.1) is 0 Å². The smallest absolute Gasteiger partial charge is 0.249 e. The van der Waals surface area contributed by atoms with Crippen molar-refractivity contribution in [1.29, 1.82) is 0 Å². The SMILES string of the molecule is CN(CC(=O)N1CCCCC1c1nc(-c2cccc(Cl)c2)no1)C(=O)C1CC1. The average Bonchev–Trinajstić information content (AvgIpc) is 3.43. The number of aromatic nitrogens is 2. The molecule has 148 valence electrons. The Labute approximate surface area is 168 Å². The van der Waals surface area contributed by atoms with Crippen molar-refractivity contribution < 1.29 is 14.1 Å². The fraction of sp³-hybridized carbons (Fsp3) is 0.500. The molecule has 1 aromatic carbocycles. The van der Waals surface area contributed by atoms with E-state index in [4.69, 9.17) is 16.1 Å². The summed E-state index contributed by atoms with van der Waals surface area (Å²) in [7, 11) is 1.70. The van der Waals surface area contributed by atoms with E-state index in [1.807, 2.05) is 12.1 Å². The largest absolute Gasteiger partial charge is 0.337 e. The Morgan fingerprint density at radius 1 is 1.29 bits per heavy atom. The van der Waals surface area contributed by atoms with E-state index in [-0.39, 0.29) is 30.3 Å². The molecule has 1 saturated heterocycles. The number of carbonyl (C=O) groups is 2. The van der Waals surface area contributed by atoms with E-state index in [0.717, 1.165) is 37.7 Å². The number of benzene rings is 1. The van der Waals surface area contributed by atoms with Gasteiger partial charge in [0, 0.05) is 30.1 Å². The number of nitrogens with zero attached hydrogens (tertiary/aromatic N) is 4. The van der Waals surface area contributed by atoms with Gasteiger partial charge in [0.1, 0.15) is 6.04 Å². The molecule has 0 radical (unpaired) electrons. The first-order chi connectivity index (χ1) is 13.5. The molecule has 1 unspecified atom stereocenters. The molecule has 1 aliphatic heterocycles. The average molecular weight is 403 g/mol. The maximum Gasteiger partial charge on any atom is 0.249 e. The molecule has 2 aliphatic rings. The van der Waals surface area contributed by atoms with Crippen molar-refractivity contribution in [1.82, 2.24) is 19.9 Å². The van der Waals surface area contributed by atoms with Crippen LogP contribution in [0.1, 0.15) is 44.0 Å². The van der Waals surface area contributed by atoms with Crippen LogP contribution in [0, 0.1) is 5.92 Å². The number of hydrogen-bond donors (Lipinski definition) is 0. The number of likely N-dealkylation sites (tertiary alicyclic amines) is 1.